The Morgan fingerprint density at radius 3 is 3.12 bits per heavy atom. The zero-order chi connectivity index (χ0) is 12.3. The second-order valence-electron chi connectivity index (χ2n) is 4.87. The summed E-state index contributed by atoms with van der Waals surface area (Å²) in [4.78, 5) is 0. The van der Waals surface area contributed by atoms with E-state index in [1.807, 2.05) is 0 Å². The van der Waals surface area contributed by atoms with Gasteiger partial charge in [0.15, 0.2) is 0 Å². The Bertz CT molecular complexity index is 380. The van der Waals surface area contributed by atoms with E-state index in [0.717, 1.165) is 30.8 Å². The third-order valence-corrected chi connectivity index (χ3v) is 3.33. The van der Waals surface area contributed by atoms with Gasteiger partial charge in [-0.3, -0.25) is 0 Å². The first-order valence-electron chi connectivity index (χ1n) is 6.34. The minimum Gasteiger partial charge on any atom is -0.488 e. The van der Waals surface area contributed by atoms with E-state index in [9.17, 15) is 4.39 Å². The van der Waals surface area contributed by atoms with Gasteiger partial charge in [-0.1, -0.05) is 20.3 Å². The van der Waals surface area contributed by atoms with Crippen molar-refractivity contribution in [2.75, 3.05) is 13.1 Å². The first kappa shape index (κ1) is 12.4. The van der Waals surface area contributed by atoms with E-state index in [0.29, 0.717) is 5.92 Å². The monoisotopic (exact) mass is 237 g/mol. The number of fused-ring (bicyclic) bond motifs is 1. The molecule has 1 N–H and O–H groups in total. The first-order valence-corrected chi connectivity index (χ1v) is 6.34. The van der Waals surface area contributed by atoms with Gasteiger partial charge in [0, 0.05) is 18.5 Å². The quantitative estimate of drug-likeness (QED) is 0.850. The van der Waals surface area contributed by atoms with E-state index < -0.39 is 0 Å². The van der Waals surface area contributed by atoms with Crippen LogP contribution in [0, 0.1) is 11.7 Å². The van der Waals surface area contributed by atoms with Gasteiger partial charge in [-0.2, -0.15) is 0 Å². The zero-order valence-electron chi connectivity index (χ0n) is 10.5. The molecule has 0 saturated heterocycles. The van der Waals surface area contributed by atoms with Crippen LogP contribution < -0.4 is 10.1 Å². The van der Waals surface area contributed by atoms with Crippen molar-refractivity contribution < 1.29 is 9.13 Å². The molecule has 1 aromatic rings. The van der Waals surface area contributed by atoms with Crippen LogP contribution in [-0.2, 0) is 6.42 Å². The van der Waals surface area contributed by atoms with Crippen molar-refractivity contribution in [2.24, 2.45) is 5.92 Å². The summed E-state index contributed by atoms with van der Waals surface area (Å²) in [6.45, 7) is 6.27. The summed E-state index contributed by atoms with van der Waals surface area (Å²) >= 11 is 0. The fourth-order valence-corrected chi connectivity index (χ4v) is 2.04. The highest BCUT2D eigenvalue weighted by Gasteiger charge is 2.22. The third kappa shape index (κ3) is 3.19. The molecule has 0 saturated carbocycles. The predicted octanol–water partition coefficient (Wildman–Crippen LogP) is 2.76. The van der Waals surface area contributed by atoms with Crippen LogP contribution in [0.15, 0.2) is 18.2 Å². The van der Waals surface area contributed by atoms with Crippen molar-refractivity contribution in [1.29, 1.82) is 0 Å². The molecule has 2 unspecified atom stereocenters. The molecule has 0 aromatic heterocycles. The average molecular weight is 237 g/mol. The normalized spacial score (nSPS) is 19.8. The van der Waals surface area contributed by atoms with Crippen molar-refractivity contribution in [1.82, 2.24) is 5.32 Å². The molecular weight excluding hydrogens is 217 g/mol. The number of hydrogen-bond acceptors (Lipinski definition) is 2. The first-order chi connectivity index (χ1) is 8.19. The van der Waals surface area contributed by atoms with Gasteiger partial charge in [0.2, 0.25) is 0 Å². The molecule has 2 nitrogen and oxygen atoms in total. The second-order valence-corrected chi connectivity index (χ2v) is 4.87. The number of hydrogen-bond donors (Lipinski definition) is 1. The highest BCUT2D eigenvalue weighted by atomic mass is 19.1. The number of nitrogens with one attached hydrogen (secondary N) is 1. The molecule has 0 radical (unpaired) electrons. The van der Waals surface area contributed by atoms with Crippen LogP contribution in [0.25, 0.3) is 0 Å². The van der Waals surface area contributed by atoms with Crippen molar-refractivity contribution in [3.05, 3.63) is 29.6 Å². The van der Waals surface area contributed by atoms with Gasteiger partial charge >= 0.3 is 0 Å². The fourth-order valence-electron chi connectivity index (χ4n) is 2.04. The van der Waals surface area contributed by atoms with E-state index in [-0.39, 0.29) is 11.9 Å². The molecule has 0 aliphatic carbocycles. The largest absolute Gasteiger partial charge is 0.488 e. The highest BCUT2D eigenvalue weighted by Crippen LogP contribution is 2.28. The van der Waals surface area contributed by atoms with Gasteiger partial charge in [0.1, 0.15) is 17.7 Å². The minimum atomic E-state index is -0.180. The lowest BCUT2D eigenvalue weighted by molar-refractivity contribution is 0.225. The summed E-state index contributed by atoms with van der Waals surface area (Å²) in [5.41, 5.74) is 0.986. The molecule has 3 heteroatoms. The Balaban J connectivity index is 1.80. The van der Waals surface area contributed by atoms with Gasteiger partial charge in [-0.05, 0) is 30.7 Å². The Labute approximate surface area is 102 Å². The molecule has 2 atom stereocenters. The summed E-state index contributed by atoms with van der Waals surface area (Å²) in [7, 11) is 0. The smallest absolute Gasteiger partial charge is 0.123 e. The third-order valence-electron chi connectivity index (χ3n) is 3.33. The van der Waals surface area contributed by atoms with Crippen LogP contribution in [-0.4, -0.2) is 19.2 Å². The number of rotatable bonds is 5. The Hall–Kier alpha value is -1.09. The lowest BCUT2D eigenvalue weighted by Gasteiger charge is -2.14. The van der Waals surface area contributed by atoms with E-state index in [2.05, 4.69) is 19.2 Å². The number of benzene rings is 1. The van der Waals surface area contributed by atoms with Gasteiger partial charge in [0.05, 0.1) is 0 Å². The molecule has 2 rings (SSSR count). The number of ether oxygens (including phenoxy) is 1. The van der Waals surface area contributed by atoms with Gasteiger partial charge in [0.25, 0.3) is 0 Å². The predicted molar refractivity (Wildman–Crippen MR) is 66.8 cm³/mol. The fraction of sp³-hybridized carbons (Fsp3) is 0.571. The topological polar surface area (TPSA) is 21.3 Å². The molecule has 1 heterocycles. The van der Waals surface area contributed by atoms with Gasteiger partial charge in [-0.15, -0.1) is 0 Å². The molecule has 0 fully saturated rings. The summed E-state index contributed by atoms with van der Waals surface area (Å²) < 4.78 is 18.8. The lowest BCUT2D eigenvalue weighted by Crippen LogP contribution is -2.32. The van der Waals surface area contributed by atoms with Gasteiger partial charge < -0.3 is 10.1 Å². The van der Waals surface area contributed by atoms with E-state index >= 15 is 0 Å². The SMILES string of the molecule is CCC(C)CNCC1Cc2cc(F)ccc2O1. The molecule has 17 heavy (non-hydrogen) atoms. The molecular formula is C14H20FNO. The van der Waals surface area contributed by atoms with Crippen molar-refractivity contribution in [3.8, 4) is 5.75 Å². The van der Waals surface area contributed by atoms with Crippen molar-refractivity contribution >= 4 is 0 Å². The van der Waals surface area contributed by atoms with E-state index in [1.54, 1.807) is 12.1 Å². The van der Waals surface area contributed by atoms with Crippen LogP contribution in [0.3, 0.4) is 0 Å². The molecule has 94 valence electrons. The van der Waals surface area contributed by atoms with Crippen LogP contribution in [0.2, 0.25) is 0 Å². The molecule has 0 bridgehead atoms. The maximum atomic E-state index is 13.0. The summed E-state index contributed by atoms with van der Waals surface area (Å²) in [5.74, 6) is 1.35. The maximum absolute atomic E-state index is 13.0. The lowest BCUT2D eigenvalue weighted by atomic mass is 10.1. The minimum absolute atomic E-state index is 0.149. The van der Waals surface area contributed by atoms with Crippen molar-refractivity contribution in [2.45, 2.75) is 32.8 Å². The Morgan fingerprint density at radius 2 is 2.35 bits per heavy atom. The Morgan fingerprint density at radius 1 is 1.53 bits per heavy atom. The van der Waals surface area contributed by atoms with Crippen LogP contribution >= 0.6 is 0 Å². The molecule has 1 aliphatic heterocycles. The highest BCUT2D eigenvalue weighted by molar-refractivity contribution is 5.37. The summed E-state index contributed by atoms with van der Waals surface area (Å²) in [5, 5.41) is 3.41. The Kier molecular flexibility index (Phi) is 4.00. The summed E-state index contributed by atoms with van der Waals surface area (Å²) in [6.07, 6.45) is 2.14. The standard InChI is InChI=1S/C14H20FNO/c1-3-10(2)8-16-9-13-7-11-6-12(15)4-5-14(11)17-13/h4-6,10,13,16H,3,7-9H2,1-2H3. The molecule has 1 aliphatic rings. The van der Waals surface area contributed by atoms with E-state index in [1.165, 1.54) is 12.5 Å². The van der Waals surface area contributed by atoms with Crippen molar-refractivity contribution in [3.63, 3.8) is 0 Å². The summed E-state index contributed by atoms with van der Waals surface area (Å²) in [6, 6.07) is 4.75. The second kappa shape index (κ2) is 5.50. The van der Waals surface area contributed by atoms with Crippen LogP contribution in [0.1, 0.15) is 25.8 Å². The number of halogens is 1. The molecule has 0 amide bonds. The zero-order valence-corrected chi connectivity index (χ0v) is 10.5. The maximum Gasteiger partial charge on any atom is 0.123 e. The molecule has 0 spiro atoms. The van der Waals surface area contributed by atoms with E-state index in [4.69, 9.17) is 4.74 Å². The average Bonchev–Trinajstić information content (AvgIpc) is 2.70. The van der Waals surface area contributed by atoms with Crippen LogP contribution in [0.5, 0.6) is 5.75 Å². The van der Waals surface area contributed by atoms with Crippen LogP contribution in [0.4, 0.5) is 4.39 Å². The van der Waals surface area contributed by atoms with Gasteiger partial charge in [-0.25, -0.2) is 4.39 Å². The molecule has 1 aromatic carbocycles.